The van der Waals surface area contributed by atoms with Crippen molar-refractivity contribution in [2.75, 3.05) is 12.3 Å². The van der Waals surface area contributed by atoms with Crippen LogP contribution in [0.3, 0.4) is 0 Å². The fourth-order valence-electron chi connectivity index (χ4n) is 6.44. The fourth-order valence-corrected chi connectivity index (χ4v) is 7.26. The molecule has 2 unspecified atom stereocenters. The minimum atomic E-state index is -1.04. The molecule has 4 atom stereocenters. The predicted octanol–water partition coefficient (Wildman–Crippen LogP) is 4.24. The van der Waals surface area contributed by atoms with Crippen LogP contribution in [0.2, 0.25) is 0 Å². The number of anilines is 1. The third kappa shape index (κ3) is 8.09. The summed E-state index contributed by atoms with van der Waals surface area (Å²) in [5, 5.41) is 38.9. The maximum Gasteiger partial charge on any atom is 0.246 e. The average molecular weight is 756 g/mol. The fraction of sp³-hybridized carbons (Fsp3) is 0.342. The number of carbonyl (C=O) groups is 3. The number of aliphatic hydroxyl groups is 1. The van der Waals surface area contributed by atoms with Gasteiger partial charge in [0.25, 0.3) is 0 Å². The summed E-state index contributed by atoms with van der Waals surface area (Å²) in [6.45, 7) is 8.89. The summed E-state index contributed by atoms with van der Waals surface area (Å²) in [5.41, 5.74) is 11.2. The van der Waals surface area contributed by atoms with Crippen molar-refractivity contribution in [3.05, 3.63) is 83.5 Å². The molecule has 0 radical (unpaired) electrons. The van der Waals surface area contributed by atoms with Crippen LogP contribution in [0, 0.1) is 18.2 Å². The summed E-state index contributed by atoms with van der Waals surface area (Å²) in [6, 6.07) is 11.1. The van der Waals surface area contributed by atoms with Crippen molar-refractivity contribution in [2.45, 2.75) is 71.8 Å². The Kier molecular flexibility index (Phi) is 10.8. The monoisotopic (exact) mass is 755 g/mol. The van der Waals surface area contributed by atoms with E-state index in [9.17, 15) is 29.0 Å². The number of nitrogens with zero attached hydrogens (tertiary/aromatic N) is 6. The summed E-state index contributed by atoms with van der Waals surface area (Å²) in [6.07, 6.45) is 2.17. The molecule has 1 fully saturated rings. The molecule has 16 heteroatoms. The van der Waals surface area contributed by atoms with Gasteiger partial charge in [0.05, 0.1) is 40.1 Å². The van der Waals surface area contributed by atoms with E-state index in [-0.39, 0.29) is 42.6 Å². The van der Waals surface area contributed by atoms with Crippen LogP contribution in [0.5, 0.6) is 5.75 Å². The quantitative estimate of drug-likeness (QED) is 0.137. The summed E-state index contributed by atoms with van der Waals surface area (Å²) < 4.78 is 15.4. The van der Waals surface area contributed by atoms with Gasteiger partial charge >= 0.3 is 0 Å². The number of nitrogens with one attached hydrogen (secondary N) is 2. The normalized spacial score (nSPS) is 16.9. The Hall–Kier alpha value is -5.74. The number of hydrogen-bond donors (Lipinski definition) is 5. The van der Waals surface area contributed by atoms with Crippen LogP contribution in [-0.2, 0) is 20.9 Å². The summed E-state index contributed by atoms with van der Waals surface area (Å²) in [7, 11) is 0. The highest BCUT2D eigenvalue weighted by molar-refractivity contribution is 7.13. The first-order chi connectivity index (χ1) is 25.6. The van der Waals surface area contributed by atoms with Gasteiger partial charge in [-0.2, -0.15) is 5.10 Å². The number of aryl methyl sites for hydroxylation is 1. The summed E-state index contributed by atoms with van der Waals surface area (Å²) in [5.74, 6) is -2.75. The van der Waals surface area contributed by atoms with E-state index in [0.717, 1.165) is 27.8 Å². The number of nitrogen functional groups attached to an aromatic ring is 1. The summed E-state index contributed by atoms with van der Waals surface area (Å²) >= 11 is 1.56. The van der Waals surface area contributed by atoms with Crippen LogP contribution >= 0.6 is 11.3 Å². The Bertz CT molecular complexity index is 2180. The molecule has 0 aliphatic carbocycles. The van der Waals surface area contributed by atoms with Gasteiger partial charge in [0.15, 0.2) is 17.4 Å². The Labute approximate surface area is 315 Å². The molecule has 14 nitrogen and oxygen atoms in total. The molecular formula is C38H42FN9O5S. The molecule has 3 amide bonds. The van der Waals surface area contributed by atoms with Gasteiger partial charge in [0, 0.05) is 35.9 Å². The lowest BCUT2D eigenvalue weighted by molar-refractivity contribution is -0.144. The number of aromatic hydroxyl groups is 1. The van der Waals surface area contributed by atoms with Crippen molar-refractivity contribution < 1.29 is 29.0 Å². The second-order valence-corrected chi connectivity index (χ2v) is 15.3. The molecule has 5 aromatic rings. The van der Waals surface area contributed by atoms with Gasteiger partial charge in [-0.25, -0.2) is 9.37 Å². The zero-order chi connectivity index (χ0) is 38.9. The number of carbonyl (C=O) groups excluding carboxylic acids is 3. The van der Waals surface area contributed by atoms with Crippen LogP contribution in [0.15, 0.2) is 66.4 Å². The Morgan fingerprint density at radius 1 is 1.07 bits per heavy atom. The van der Waals surface area contributed by atoms with Gasteiger partial charge < -0.3 is 31.5 Å². The minimum Gasteiger partial charge on any atom is -0.504 e. The number of rotatable bonds is 10. The zero-order valence-electron chi connectivity index (χ0n) is 30.4. The Morgan fingerprint density at radius 2 is 1.81 bits per heavy atom. The number of para-hydroxylation sites is 1. The minimum absolute atomic E-state index is 0.0534. The number of phenolic OH excluding ortho intramolecular Hbond substituents is 1. The van der Waals surface area contributed by atoms with Gasteiger partial charge in [-0.05, 0) is 48.6 Å². The third-order valence-corrected chi connectivity index (χ3v) is 10.4. The van der Waals surface area contributed by atoms with E-state index < -0.39 is 52.9 Å². The number of β-amino-alcohol motifs (C(OH)–C–C–N with tert-alkyl or cyclic N) is 1. The van der Waals surface area contributed by atoms with Crippen molar-refractivity contribution in [3.63, 3.8) is 0 Å². The van der Waals surface area contributed by atoms with Crippen molar-refractivity contribution in [2.24, 2.45) is 5.41 Å². The first kappa shape index (κ1) is 38.0. The van der Waals surface area contributed by atoms with E-state index in [1.807, 2.05) is 38.1 Å². The molecule has 2 aromatic carbocycles. The SMILES string of the molecule is Cc1ncsc1-c1ccc(C(C)NC(=O)[C@@H]2C[C@@H](O)CN2C(=O)C(NC(=O)Cn2cc(-c3cc(-c4cccc(F)c4O)nnc3N)cn2)C(C)(C)C)cc1. The number of hydrogen-bond acceptors (Lipinski definition) is 11. The highest BCUT2D eigenvalue weighted by Crippen LogP contribution is 2.34. The smallest absolute Gasteiger partial charge is 0.246 e. The van der Waals surface area contributed by atoms with Crippen molar-refractivity contribution in [3.8, 4) is 38.6 Å². The van der Waals surface area contributed by atoms with Gasteiger partial charge in [-0.15, -0.1) is 21.5 Å². The third-order valence-electron chi connectivity index (χ3n) is 9.40. The molecule has 4 heterocycles. The first-order valence-electron chi connectivity index (χ1n) is 17.3. The second kappa shape index (κ2) is 15.3. The van der Waals surface area contributed by atoms with Gasteiger partial charge in [0.2, 0.25) is 17.7 Å². The van der Waals surface area contributed by atoms with E-state index in [1.54, 1.807) is 43.8 Å². The average Bonchev–Trinajstić information content (AvgIpc) is 3.88. The number of nitrogens with two attached hydrogens (primary N) is 1. The molecule has 1 aliphatic rings. The van der Waals surface area contributed by atoms with Crippen LogP contribution < -0.4 is 16.4 Å². The first-order valence-corrected chi connectivity index (χ1v) is 18.2. The summed E-state index contributed by atoms with van der Waals surface area (Å²) in [4.78, 5) is 47.9. The molecule has 6 rings (SSSR count). The molecule has 0 bridgehead atoms. The number of phenols is 1. The topological polar surface area (TPSA) is 201 Å². The largest absolute Gasteiger partial charge is 0.504 e. The Morgan fingerprint density at radius 3 is 2.50 bits per heavy atom. The van der Waals surface area contributed by atoms with Gasteiger partial charge in [-0.1, -0.05) is 51.1 Å². The van der Waals surface area contributed by atoms with Gasteiger partial charge in [0.1, 0.15) is 18.6 Å². The number of likely N-dealkylation sites (tertiary alicyclic amines) is 1. The molecule has 3 aromatic heterocycles. The number of aromatic nitrogens is 5. The predicted molar refractivity (Wildman–Crippen MR) is 201 cm³/mol. The highest BCUT2D eigenvalue weighted by atomic mass is 32.1. The molecule has 54 heavy (non-hydrogen) atoms. The van der Waals surface area contributed by atoms with Crippen LogP contribution in [0.25, 0.3) is 32.8 Å². The number of thiazole rings is 1. The van der Waals surface area contributed by atoms with E-state index in [2.05, 4.69) is 30.9 Å². The highest BCUT2D eigenvalue weighted by Gasteiger charge is 2.44. The maximum atomic E-state index is 14.1. The lowest BCUT2D eigenvalue weighted by atomic mass is 9.85. The number of amides is 3. The molecule has 1 saturated heterocycles. The molecule has 1 aliphatic heterocycles. The Balaban J connectivity index is 1.12. The maximum absolute atomic E-state index is 14.1. The van der Waals surface area contributed by atoms with E-state index in [4.69, 9.17) is 5.73 Å². The lowest BCUT2D eigenvalue weighted by Gasteiger charge is -2.35. The van der Waals surface area contributed by atoms with E-state index in [1.165, 1.54) is 34.0 Å². The standard InChI is InChI=1S/C38H42FN9O5S/c1-20(22-9-11-23(12-10-22)33-21(2)41-19-54-33)43-36(52)30-13-25(49)17-48(30)37(53)34(38(3,4)5)44-31(50)18-47-16-24(15-42-47)27-14-29(45-46-35(27)40)26-7-6-8-28(39)32(26)51/h6-12,14-16,19-20,25,30,34,49,51H,13,17-18H2,1-5H3,(H2,40,46)(H,43,52)(H,44,50)/t20?,25-,30+,34?/m1/s1. The zero-order valence-corrected chi connectivity index (χ0v) is 31.3. The second-order valence-electron chi connectivity index (χ2n) is 14.5. The van der Waals surface area contributed by atoms with Crippen molar-refractivity contribution in [1.82, 2.24) is 40.5 Å². The number of benzene rings is 2. The van der Waals surface area contributed by atoms with Crippen LogP contribution in [0.4, 0.5) is 10.2 Å². The number of aliphatic hydroxyl groups excluding tert-OH is 1. The molecule has 0 saturated carbocycles. The van der Waals surface area contributed by atoms with Crippen LogP contribution in [0.1, 0.15) is 51.4 Å². The van der Waals surface area contributed by atoms with E-state index >= 15 is 0 Å². The molecule has 282 valence electrons. The van der Waals surface area contributed by atoms with Crippen molar-refractivity contribution in [1.29, 1.82) is 0 Å². The number of halogens is 1. The molecule has 0 spiro atoms. The lowest BCUT2D eigenvalue weighted by Crippen LogP contribution is -2.58. The van der Waals surface area contributed by atoms with E-state index in [0.29, 0.717) is 11.1 Å². The van der Waals surface area contributed by atoms with Crippen LogP contribution in [-0.4, -0.2) is 82.5 Å². The van der Waals surface area contributed by atoms with Gasteiger partial charge in [-0.3, -0.25) is 19.1 Å². The van der Waals surface area contributed by atoms with Crippen molar-refractivity contribution >= 4 is 34.9 Å². The molecular weight excluding hydrogens is 714 g/mol. The molecule has 6 N–H and O–H groups in total.